The van der Waals surface area contributed by atoms with Crippen molar-refractivity contribution < 1.29 is 4.39 Å². The van der Waals surface area contributed by atoms with Gasteiger partial charge in [-0.05, 0) is 19.3 Å². The Balaban J connectivity index is 2.23. The molecule has 0 amide bonds. The maximum atomic E-state index is 13.5. The highest BCUT2D eigenvalue weighted by Crippen LogP contribution is 2.27. The fraction of sp³-hybridized carbons (Fsp3) is 0.846. The Bertz CT molecular complexity index is 193. The monoisotopic (exact) mass is 196 g/mol. The normalized spacial score (nSPS) is 19.9. The molecule has 1 atom stereocenters. The number of halogens is 1. The quantitative estimate of drug-likeness (QED) is 0.471. The highest BCUT2D eigenvalue weighted by Gasteiger charge is 2.21. The van der Waals surface area contributed by atoms with Crippen molar-refractivity contribution in [1.29, 1.82) is 0 Å². The molecular weight excluding hydrogens is 175 g/mol. The van der Waals surface area contributed by atoms with E-state index in [1.807, 2.05) is 0 Å². The predicted octanol–water partition coefficient (Wildman–Crippen LogP) is 4.10. The van der Waals surface area contributed by atoms with Gasteiger partial charge in [0.15, 0.2) is 6.17 Å². The minimum absolute atomic E-state index is 0.234. The minimum atomic E-state index is -0.854. The summed E-state index contributed by atoms with van der Waals surface area (Å²) < 4.78 is 13.5. The molecule has 1 unspecified atom stereocenters. The SMILES string of the molecule is CCCCC#CC(F)C1CCCCC1. The summed E-state index contributed by atoms with van der Waals surface area (Å²) in [5, 5.41) is 0. The molecular formula is C13H21F. The van der Waals surface area contributed by atoms with Crippen molar-refractivity contribution in [2.24, 2.45) is 5.92 Å². The zero-order valence-corrected chi connectivity index (χ0v) is 9.19. The van der Waals surface area contributed by atoms with E-state index in [1.54, 1.807) is 0 Å². The molecule has 1 heteroatoms. The number of rotatable bonds is 3. The third-order valence-electron chi connectivity index (χ3n) is 2.96. The van der Waals surface area contributed by atoms with Gasteiger partial charge in [0.1, 0.15) is 0 Å². The molecule has 0 aromatic rings. The van der Waals surface area contributed by atoms with Crippen molar-refractivity contribution in [3.8, 4) is 11.8 Å². The van der Waals surface area contributed by atoms with E-state index in [4.69, 9.17) is 0 Å². The van der Waals surface area contributed by atoms with Gasteiger partial charge in [0, 0.05) is 12.3 Å². The summed E-state index contributed by atoms with van der Waals surface area (Å²) in [6.45, 7) is 2.13. The molecule has 0 saturated heterocycles. The van der Waals surface area contributed by atoms with Gasteiger partial charge in [0.05, 0.1) is 0 Å². The molecule has 0 aromatic heterocycles. The van der Waals surface area contributed by atoms with Crippen LogP contribution in [0.1, 0.15) is 58.3 Å². The maximum absolute atomic E-state index is 13.5. The lowest BCUT2D eigenvalue weighted by Crippen LogP contribution is -2.17. The number of alkyl halides is 1. The summed E-state index contributed by atoms with van der Waals surface area (Å²) in [7, 11) is 0. The van der Waals surface area contributed by atoms with Crippen LogP contribution in [0, 0.1) is 17.8 Å². The van der Waals surface area contributed by atoms with Crippen molar-refractivity contribution in [3.63, 3.8) is 0 Å². The summed E-state index contributed by atoms with van der Waals surface area (Å²) in [5.41, 5.74) is 0. The van der Waals surface area contributed by atoms with E-state index in [1.165, 1.54) is 19.3 Å². The molecule has 0 bridgehead atoms. The largest absolute Gasteiger partial charge is 0.233 e. The van der Waals surface area contributed by atoms with Crippen LogP contribution in [-0.2, 0) is 0 Å². The smallest absolute Gasteiger partial charge is 0.163 e. The van der Waals surface area contributed by atoms with E-state index in [0.717, 1.165) is 32.1 Å². The van der Waals surface area contributed by atoms with Gasteiger partial charge in [-0.2, -0.15) is 0 Å². The second kappa shape index (κ2) is 6.87. The lowest BCUT2D eigenvalue weighted by Gasteiger charge is -2.21. The number of hydrogen-bond donors (Lipinski definition) is 0. The third kappa shape index (κ3) is 4.13. The van der Waals surface area contributed by atoms with Crippen LogP contribution in [-0.4, -0.2) is 6.17 Å². The van der Waals surface area contributed by atoms with Crippen LogP contribution < -0.4 is 0 Å². The summed E-state index contributed by atoms with van der Waals surface area (Å²) in [6, 6.07) is 0. The minimum Gasteiger partial charge on any atom is -0.233 e. The Labute approximate surface area is 87.3 Å². The molecule has 1 aliphatic carbocycles. The average molecular weight is 196 g/mol. The van der Waals surface area contributed by atoms with E-state index in [2.05, 4.69) is 18.8 Å². The van der Waals surface area contributed by atoms with Gasteiger partial charge in [-0.3, -0.25) is 0 Å². The van der Waals surface area contributed by atoms with Crippen LogP contribution in [0.3, 0.4) is 0 Å². The third-order valence-corrected chi connectivity index (χ3v) is 2.96. The first-order valence-electron chi connectivity index (χ1n) is 5.97. The van der Waals surface area contributed by atoms with Crippen LogP contribution in [0.5, 0.6) is 0 Å². The van der Waals surface area contributed by atoms with Gasteiger partial charge in [-0.15, -0.1) is 5.92 Å². The van der Waals surface area contributed by atoms with Gasteiger partial charge >= 0.3 is 0 Å². The van der Waals surface area contributed by atoms with Crippen LogP contribution in [0.2, 0.25) is 0 Å². The molecule has 1 aliphatic rings. The Morgan fingerprint density at radius 3 is 2.64 bits per heavy atom. The molecule has 0 heterocycles. The van der Waals surface area contributed by atoms with Crippen molar-refractivity contribution in [2.75, 3.05) is 0 Å². The Hall–Kier alpha value is -0.510. The first kappa shape index (κ1) is 11.6. The first-order chi connectivity index (χ1) is 6.84. The van der Waals surface area contributed by atoms with E-state index in [-0.39, 0.29) is 5.92 Å². The number of unbranched alkanes of at least 4 members (excludes halogenated alkanes) is 2. The highest BCUT2D eigenvalue weighted by atomic mass is 19.1. The predicted molar refractivity (Wildman–Crippen MR) is 58.8 cm³/mol. The molecule has 14 heavy (non-hydrogen) atoms. The Morgan fingerprint density at radius 2 is 2.00 bits per heavy atom. The summed E-state index contributed by atoms with van der Waals surface area (Å²) >= 11 is 0. The molecule has 1 saturated carbocycles. The zero-order chi connectivity index (χ0) is 10.2. The van der Waals surface area contributed by atoms with E-state index in [9.17, 15) is 4.39 Å². The second-order valence-corrected chi connectivity index (χ2v) is 4.22. The van der Waals surface area contributed by atoms with E-state index < -0.39 is 6.17 Å². The molecule has 0 spiro atoms. The van der Waals surface area contributed by atoms with Crippen LogP contribution in [0.15, 0.2) is 0 Å². The van der Waals surface area contributed by atoms with Crippen molar-refractivity contribution in [2.45, 2.75) is 64.5 Å². The molecule has 0 aromatic carbocycles. The maximum Gasteiger partial charge on any atom is 0.163 e. The van der Waals surface area contributed by atoms with E-state index in [0.29, 0.717) is 0 Å². The second-order valence-electron chi connectivity index (χ2n) is 4.22. The molecule has 1 rings (SSSR count). The lowest BCUT2D eigenvalue weighted by molar-refractivity contribution is 0.229. The molecule has 0 nitrogen and oxygen atoms in total. The fourth-order valence-electron chi connectivity index (χ4n) is 1.98. The van der Waals surface area contributed by atoms with Crippen LogP contribution >= 0.6 is 0 Å². The van der Waals surface area contributed by atoms with Crippen LogP contribution in [0.4, 0.5) is 4.39 Å². The van der Waals surface area contributed by atoms with Gasteiger partial charge in [-0.1, -0.05) is 38.5 Å². The number of hydrogen-bond acceptors (Lipinski definition) is 0. The van der Waals surface area contributed by atoms with Gasteiger partial charge in [-0.25, -0.2) is 4.39 Å². The van der Waals surface area contributed by atoms with Crippen molar-refractivity contribution in [1.82, 2.24) is 0 Å². The molecule has 80 valence electrons. The average Bonchev–Trinajstić information content (AvgIpc) is 2.25. The Morgan fingerprint density at radius 1 is 1.29 bits per heavy atom. The first-order valence-corrected chi connectivity index (χ1v) is 5.97. The zero-order valence-electron chi connectivity index (χ0n) is 9.19. The standard InChI is InChI=1S/C13H21F/c1-2-3-4-8-11-13(14)12-9-6-5-7-10-12/h12-13H,2-7,9-10H2,1H3. The van der Waals surface area contributed by atoms with E-state index >= 15 is 0 Å². The summed E-state index contributed by atoms with van der Waals surface area (Å²) in [6.07, 6.45) is 8.03. The topological polar surface area (TPSA) is 0 Å². The van der Waals surface area contributed by atoms with Gasteiger partial charge in [0.25, 0.3) is 0 Å². The molecule has 0 N–H and O–H groups in total. The lowest BCUT2D eigenvalue weighted by atomic mass is 9.86. The van der Waals surface area contributed by atoms with Gasteiger partial charge < -0.3 is 0 Å². The van der Waals surface area contributed by atoms with Gasteiger partial charge in [0.2, 0.25) is 0 Å². The summed E-state index contributed by atoms with van der Waals surface area (Å²) in [4.78, 5) is 0. The molecule has 0 radical (unpaired) electrons. The van der Waals surface area contributed by atoms with Crippen molar-refractivity contribution >= 4 is 0 Å². The fourth-order valence-corrected chi connectivity index (χ4v) is 1.98. The van der Waals surface area contributed by atoms with Crippen LogP contribution in [0.25, 0.3) is 0 Å². The summed E-state index contributed by atoms with van der Waals surface area (Å²) in [5.74, 6) is 5.96. The highest BCUT2D eigenvalue weighted by molar-refractivity contribution is 5.06. The molecule has 0 aliphatic heterocycles. The molecule has 1 fully saturated rings. The van der Waals surface area contributed by atoms with Crippen molar-refractivity contribution in [3.05, 3.63) is 0 Å². The Kier molecular flexibility index (Phi) is 5.68.